The van der Waals surface area contributed by atoms with Gasteiger partial charge in [-0.15, -0.1) is 11.3 Å². The van der Waals surface area contributed by atoms with E-state index in [2.05, 4.69) is 11.4 Å². The van der Waals surface area contributed by atoms with Gasteiger partial charge >= 0.3 is 6.03 Å². The molecule has 0 spiro atoms. The zero-order valence-electron chi connectivity index (χ0n) is 12.7. The predicted molar refractivity (Wildman–Crippen MR) is 88.3 cm³/mol. The fourth-order valence-corrected chi connectivity index (χ4v) is 4.54. The van der Waals surface area contributed by atoms with Crippen molar-refractivity contribution in [2.45, 2.75) is 32.2 Å². The number of amides is 2. The monoisotopic (exact) mass is 345 g/mol. The predicted octanol–water partition coefficient (Wildman–Crippen LogP) is 1.39. The number of rotatable bonds is 5. The van der Waals surface area contributed by atoms with Crippen LogP contribution in [0, 0.1) is 5.92 Å². The van der Waals surface area contributed by atoms with Crippen LogP contribution < -0.4 is 10.5 Å². The summed E-state index contributed by atoms with van der Waals surface area (Å²) < 4.78 is 22.2. The van der Waals surface area contributed by atoms with Crippen molar-refractivity contribution in [3.63, 3.8) is 0 Å². The second kappa shape index (κ2) is 7.43. The van der Waals surface area contributed by atoms with Gasteiger partial charge in [-0.2, -0.15) is 0 Å². The lowest BCUT2D eigenvalue weighted by Crippen LogP contribution is -2.48. The van der Waals surface area contributed by atoms with Crippen LogP contribution in [0.1, 0.15) is 24.6 Å². The standard InChI is InChI=1S/C14H23N3O3S2/c1-11(9-13-3-2-8-21-13)16-14(18)17-6-4-12(5-7-17)10-22(15,19)20/h2-3,8,11-12H,4-7,9-10H2,1H3,(H,16,18)(H2,15,19,20)/t11-/m1/s1. The number of primary sulfonamides is 1. The molecule has 0 saturated carbocycles. The van der Waals surface area contributed by atoms with Gasteiger partial charge in [-0.3, -0.25) is 0 Å². The van der Waals surface area contributed by atoms with E-state index in [1.807, 2.05) is 18.4 Å². The smallest absolute Gasteiger partial charge is 0.317 e. The highest BCUT2D eigenvalue weighted by Crippen LogP contribution is 2.18. The third kappa shape index (κ3) is 5.58. The van der Waals surface area contributed by atoms with Crippen LogP contribution in [0.3, 0.4) is 0 Å². The van der Waals surface area contributed by atoms with Crippen molar-refractivity contribution < 1.29 is 13.2 Å². The lowest BCUT2D eigenvalue weighted by molar-refractivity contribution is 0.171. The average molecular weight is 345 g/mol. The second-order valence-corrected chi connectivity index (χ2v) is 8.59. The maximum absolute atomic E-state index is 12.2. The molecule has 1 aliphatic rings. The van der Waals surface area contributed by atoms with Gasteiger partial charge in [0.05, 0.1) is 5.75 Å². The van der Waals surface area contributed by atoms with Crippen LogP contribution in [-0.4, -0.2) is 44.2 Å². The van der Waals surface area contributed by atoms with E-state index in [1.54, 1.807) is 16.2 Å². The van der Waals surface area contributed by atoms with Gasteiger partial charge in [-0.1, -0.05) is 6.07 Å². The minimum Gasteiger partial charge on any atom is -0.335 e. The van der Waals surface area contributed by atoms with Crippen molar-refractivity contribution in [2.24, 2.45) is 11.1 Å². The van der Waals surface area contributed by atoms with E-state index < -0.39 is 10.0 Å². The van der Waals surface area contributed by atoms with Gasteiger partial charge in [0.25, 0.3) is 0 Å². The molecule has 8 heteroatoms. The van der Waals surface area contributed by atoms with Gasteiger partial charge in [0, 0.05) is 30.4 Å². The first-order valence-electron chi connectivity index (χ1n) is 7.42. The van der Waals surface area contributed by atoms with Crippen molar-refractivity contribution in [3.8, 4) is 0 Å². The summed E-state index contributed by atoms with van der Waals surface area (Å²) in [5, 5.41) is 10.1. The molecular formula is C14H23N3O3S2. The van der Waals surface area contributed by atoms with Gasteiger partial charge in [0.15, 0.2) is 0 Å². The van der Waals surface area contributed by atoms with Crippen LogP contribution in [0.25, 0.3) is 0 Å². The third-order valence-corrected chi connectivity index (χ3v) is 5.66. The molecule has 0 unspecified atom stereocenters. The topological polar surface area (TPSA) is 92.5 Å². The van der Waals surface area contributed by atoms with Crippen LogP contribution in [0.2, 0.25) is 0 Å². The van der Waals surface area contributed by atoms with E-state index in [-0.39, 0.29) is 23.7 Å². The molecule has 1 aliphatic heterocycles. The third-order valence-electron chi connectivity index (χ3n) is 3.83. The van der Waals surface area contributed by atoms with E-state index in [0.717, 1.165) is 6.42 Å². The number of piperidine rings is 1. The van der Waals surface area contributed by atoms with E-state index in [0.29, 0.717) is 25.9 Å². The summed E-state index contributed by atoms with van der Waals surface area (Å²) in [7, 11) is -3.43. The van der Waals surface area contributed by atoms with Crippen molar-refractivity contribution in [1.82, 2.24) is 10.2 Å². The SMILES string of the molecule is C[C@H](Cc1cccs1)NC(=O)N1CCC(CS(N)(=O)=O)CC1. The van der Waals surface area contributed by atoms with E-state index >= 15 is 0 Å². The van der Waals surface area contributed by atoms with Crippen LogP contribution in [0.5, 0.6) is 0 Å². The Balaban J connectivity index is 1.75. The van der Waals surface area contributed by atoms with Gasteiger partial charge in [-0.05, 0) is 37.1 Å². The molecule has 1 saturated heterocycles. The zero-order chi connectivity index (χ0) is 16.2. The average Bonchev–Trinajstić information content (AvgIpc) is 2.90. The van der Waals surface area contributed by atoms with Gasteiger partial charge in [0.1, 0.15) is 0 Å². The fourth-order valence-electron chi connectivity index (χ4n) is 2.71. The summed E-state index contributed by atoms with van der Waals surface area (Å²) in [6, 6.07) is 4.07. The number of thiophene rings is 1. The molecule has 0 aliphatic carbocycles. The molecule has 0 bridgehead atoms. The second-order valence-electron chi connectivity index (χ2n) is 5.89. The molecule has 3 N–H and O–H groups in total. The molecule has 6 nitrogen and oxygen atoms in total. The van der Waals surface area contributed by atoms with E-state index in [9.17, 15) is 13.2 Å². The Morgan fingerprint density at radius 3 is 2.73 bits per heavy atom. The number of carbonyl (C=O) groups excluding carboxylic acids is 1. The molecule has 22 heavy (non-hydrogen) atoms. The van der Waals surface area contributed by atoms with E-state index in [1.165, 1.54) is 4.88 Å². The summed E-state index contributed by atoms with van der Waals surface area (Å²) in [5.74, 6) is 0.0691. The Bertz CT molecular complexity index is 578. The molecule has 1 atom stereocenters. The zero-order valence-corrected chi connectivity index (χ0v) is 14.3. The Kier molecular flexibility index (Phi) is 5.82. The van der Waals surface area contributed by atoms with Crippen LogP contribution in [0.4, 0.5) is 4.79 Å². The van der Waals surface area contributed by atoms with E-state index in [4.69, 9.17) is 5.14 Å². The van der Waals surface area contributed by atoms with Crippen LogP contribution in [0.15, 0.2) is 17.5 Å². The molecule has 0 aromatic carbocycles. The summed E-state index contributed by atoms with van der Waals surface area (Å²) >= 11 is 1.69. The summed E-state index contributed by atoms with van der Waals surface area (Å²) in [6.07, 6.45) is 2.19. The molecule has 0 radical (unpaired) electrons. The normalized spacial score (nSPS) is 18.2. The number of nitrogens with one attached hydrogen (secondary N) is 1. The minimum atomic E-state index is -3.43. The van der Waals surface area contributed by atoms with Gasteiger partial charge in [-0.25, -0.2) is 18.4 Å². The molecule has 1 aromatic heterocycles. The number of hydrogen-bond acceptors (Lipinski definition) is 4. The molecular weight excluding hydrogens is 322 g/mol. The maximum atomic E-state index is 12.2. The van der Waals surface area contributed by atoms with Gasteiger partial charge in [0.2, 0.25) is 10.0 Å². The number of sulfonamides is 1. The molecule has 124 valence electrons. The number of likely N-dealkylation sites (tertiary alicyclic amines) is 1. The van der Waals surface area contributed by atoms with Crippen molar-refractivity contribution in [2.75, 3.05) is 18.8 Å². The molecule has 2 heterocycles. The molecule has 1 aromatic rings. The Morgan fingerprint density at radius 1 is 1.50 bits per heavy atom. The fraction of sp³-hybridized carbons (Fsp3) is 0.643. The maximum Gasteiger partial charge on any atom is 0.317 e. The minimum absolute atomic E-state index is 0.0112. The largest absolute Gasteiger partial charge is 0.335 e. The Labute approximate surface area is 135 Å². The number of nitrogens with two attached hydrogens (primary N) is 1. The Hall–Kier alpha value is -1.12. The quantitative estimate of drug-likeness (QED) is 0.844. The molecule has 2 amide bonds. The number of carbonyl (C=O) groups is 1. The summed E-state index contributed by atoms with van der Waals surface area (Å²) in [6.45, 7) is 3.15. The first-order chi connectivity index (χ1) is 10.3. The highest BCUT2D eigenvalue weighted by molar-refractivity contribution is 7.89. The summed E-state index contributed by atoms with van der Waals surface area (Å²) in [4.78, 5) is 15.2. The highest BCUT2D eigenvalue weighted by atomic mass is 32.2. The number of nitrogens with zero attached hydrogens (tertiary/aromatic N) is 1. The van der Waals surface area contributed by atoms with Crippen LogP contribution in [-0.2, 0) is 16.4 Å². The first-order valence-corrected chi connectivity index (χ1v) is 10.0. The lowest BCUT2D eigenvalue weighted by atomic mass is 9.99. The van der Waals surface area contributed by atoms with Crippen LogP contribution >= 0.6 is 11.3 Å². The molecule has 2 rings (SSSR count). The number of hydrogen-bond donors (Lipinski definition) is 2. The summed E-state index contributed by atoms with van der Waals surface area (Å²) in [5.41, 5.74) is 0. The van der Waals surface area contributed by atoms with Crippen molar-refractivity contribution in [3.05, 3.63) is 22.4 Å². The first kappa shape index (κ1) is 17.2. The van der Waals surface area contributed by atoms with Gasteiger partial charge < -0.3 is 10.2 Å². The van der Waals surface area contributed by atoms with Crippen molar-refractivity contribution >= 4 is 27.4 Å². The lowest BCUT2D eigenvalue weighted by Gasteiger charge is -2.32. The molecule has 1 fully saturated rings. The van der Waals surface area contributed by atoms with Crippen molar-refractivity contribution in [1.29, 1.82) is 0 Å². The Morgan fingerprint density at radius 2 is 2.18 bits per heavy atom. The number of urea groups is 1. The highest BCUT2D eigenvalue weighted by Gasteiger charge is 2.25.